The van der Waals surface area contributed by atoms with Gasteiger partial charge in [-0.2, -0.15) is 0 Å². The highest BCUT2D eigenvalue weighted by atomic mass is 79.9. The van der Waals surface area contributed by atoms with E-state index in [-0.39, 0.29) is 0 Å². The molecule has 0 amide bonds. The summed E-state index contributed by atoms with van der Waals surface area (Å²) in [6.45, 7) is 4.32. The summed E-state index contributed by atoms with van der Waals surface area (Å²) < 4.78 is 6.32. The van der Waals surface area contributed by atoms with Gasteiger partial charge in [0.25, 0.3) is 0 Å². The summed E-state index contributed by atoms with van der Waals surface area (Å²) >= 11 is 3.58. The molecule has 1 N–H and O–H groups in total. The predicted octanol–water partition coefficient (Wildman–Crippen LogP) is 3.39. The number of methoxy groups -OCH3 is 1. The van der Waals surface area contributed by atoms with Crippen molar-refractivity contribution >= 4 is 15.9 Å². The molecular weight excluding hydrogens is 266 g/mol. The van der Waals surface area contributed by atoms with Crippen molar-refractivity contribution in [2.45, 2.75) is 26.2 Å². The van der Waals surface area contributed by atoms with Crippen LogP contribution in [0.3, 0.4) is 0 Å². The highest BCUT2D eigenvalue weighted by Gasteiger charge is 2.01. The number of hydrogen-bond donors (Lipinski definition) is 1. The fourth-order valence-corrected chi connectivity index (χ4v) is 2.16. The fourth-order valence-electron chi connectivity index (χ4n) is 1.60. The second kappa shape index (κ2) is 7.69. The van der Waals surface area contributed by atoms with Gasteiger partial charge in [0.1, 0.15) is 5.75 Å². The summed E-state index contributed by atoms with van der Waals surface area (Å²) in [7, 11) is 1.69. The van der Waals surface area contributed by atoms with Crippen molar-refractivity contribution in [3.63, 3.8) is 0 Å². The molecule has 0 heterocycles. The van der Waals surface area contributed by atoms with Crippen LogP contribution in [0.15, 0.2) is 22.7 Å². The molecule has 0 unspecified atom stereocenters. The van der Waals surface area contributed by atoms with E-state index >= 15 is 0 Å². The molecule has 0 radical (unpaired) electrons. The summed E-state index contributed by atoms with van der Waals surface area (Å²) in [5.74, 6) is 0.906. The smallest absolute Gasteiger partial charge is 0.120 e. The molecule has 0 fully saturated rings. The average Bonchev–Trinajstić information content (AvgIpc) is 2.30. The largest absolute Gasteiger partial charge is 0.497 e. The zero-order valence-electron chi connectivity index (χ0n) is 10.1. The lowest BCUT2D eigenvalue weighted by molar-refractivity contribution is 0.414. The summed E-state index contributed by atoms with van der Waals surface area (Å²) in [4.78, 5) is 0. The molecule has 0 aliphatic heterocycles. The van der Waals surface area contributed by atoms with E-state index in [9.17, 15) is 0 Å². The Labute approximate surface area is 107 Å². The van der Waals surface area contributed by atoms with Crippen molar-refractivity contribution in [3.8, 4) is 5.75 Å². The fraction of sp³-hybridized carbons (Fsp3) is 0.538. The Morgan fingerprint density at radius 2 is 2.12 bits per heavy atom. The number of halogens is 1. The lowest BCUT2D eigenvalue weighted by Crippen LogP contribution is -2.13. The molecule has 90 valence electrons. The molecular formula is C13H20BrNO. The Kier molecular flexibility index (Phi) is 6.50. The lowest BCUT2D eigenvalue weighted by Gasteiger charge is -2.07. The van der Waals surface area contributed by atoms with E-state index in [1.807, 2.05) is 12.1 Å². The maximum atomic E-state index is 5.17. The van der Waals surface area contributed by atoms with Gasteiger partial charge in [0, 0.05) is 4.47 Å². The minimum absolute atomic E-state index is 0.906. The number of hydrogen-bond acceptors (Lipinski definition) is 2. The first-order chi connectivity index (χ1) is 7.77. The van der Waals surface area contributed by atoms with Gasteiger partial charge in [0.05, 0.1) is 7.11 Å². The van der Waals surface area contributed by atoms with Crippen LogP contribution in [0.2, 0.25) is 0 Å². The van der Waals surface area contributed by atoms with Crippen molar-refractivity contribution in [3.05, 3.63) is 28.2 Å². The van der Waals surface area contributed by atoms with Gasteiger partial charge in [-0.25, -0.2) is 0 Å². The summed E-state index contributed by atoms with van der Waals surface area (Å²) in [6.07, 6.45) is 3.57. The van der Waals surface area contributed by atoms with Crippen molar-refractivity contribution in [1.82, 2.24) is 5.32 Å². The molecule has 0 saturated carbocycles. The average molecular weight is 286 g/mol. The third kappa shape index (κ3) is 4.54. The lowest BCUT2D eigenvalue weighted by atomic mass is 10.1. The van der Waals surface area contributed by atoms with Crippen molar-refractivity contribution in [2.75, 3.05) is 20.2 Å². The van der Waals surface area contributed by atoms with Crippen LogP contribution < -0.4 is 10.1 Å². The van der Waals surface area contributed by atoms with Crippen LogP contribution in [0, 0.1) is 0 Å². The Balaban J connectivity index is 2.36. The van der Waals surface area contributed by atoms with Crippen LogP contribution in [-0.2, 0) is 6.42 Å². The standard InChI is InChI=1S/C13H20BrNO/c1-3-15-9-5-4-6-11-7-8-12(16-2)10-13(11)14/h7-8,10,15H,3-6,9H2,1-2H3. The first kappa shape index (κ1) is 13.5. The Morgan fingerprint density at radius 3 is 2.75 bits per heavy atom. The Bertz CT molecular complexity index is 315. The summed E-state index contributed by atoms with van der Waals surface area (Å²) in [5, 5.41) is 3.34. The van der Waals surface area contributed by atoms with Gasteiger partial charge in [-0.15, -0.1) is 0 Å². The molecule has 1 aromatic carbocycles. The maximum absolute atomic E-state index is 5.17. The molecule has 0 bridgehead atoms. The molecule has 0 aliphatic rings. The van der Waals surface area contributed by atoms with Gasteiger partial charge in [-0.1, -0.05) is 28.9 Å². The summed E-state index contributed by atoms with van der Waals surface area (Å²) in [5.41, 5.74) is 1.36. The molecule has 0 atom stereocenters. The quantitative estimate of drug-likeness (QED) is 0.776. The molecule has 16 heavy (non-hydrogen) atoms. The zero-order chi connectivity index (χ0) is 11.8. The van der Waals surface area contributed by atoms with Crippen LogP contribution in [-0.4, -0.2) is 20.2 Å². The van der Waals surface area contributed by atoms with Crippen LogP contribution in [0.25, 0.3) is 0 Å². The maximum Gasteiger partial charge on any atom is 0.120 e. The number of rotatable bonds is 7. The van der Waals surface area contributed by atoms with E-state index in [2.05, 4.69) is 34.2 Å². The number of aryl methyl sites for hydroxylation is 1. The van der Waals surface area contributed by atoms with Crippen LogP contribution >= 0.6 is 15.9 Å². The van der Waals surface area contributed by atoms with E-state index in [0.717, 1.165) is 29.7 Å². The molecule has 3 heteroatoms. The number of benzene rings is 1. The highest BCUT2D eigenvalue weighted by molar-refractivity contribution is 9.10. The first-order valence-electron chi connectivity index (χ1n) is 5.81. The number of ether oxygens (including phenoxy) is 1. The molecule has 1 aromatic rings. The second-order valence-corrected chi connectivity index (χ2v) is 4.62. The van der Waals surface area contributed by atoms with Gasteiger partial charge in [-0.3, -0.25) is 0 Å². The van der Waals surface area contributed by atoms with Gasteiger partial charge < -0.3 is 10.1 Å². The van der Waals surface area contributed by atoms with Crippen molar-refractivity contribution in [1.29, 1.82) is 0 Å². The van der Waals surface area contributed by atoms with Crippen molar-refractivity contribution in [2.24, 2.45) is 0 Å². The molecule has 0 saturated heterocycles. The zero-order valence-corrected chi connectivity index (χ0v) is 11.6. The van der Waals surface area contributed by atoms with Crippen molar-refractivity contribution < 1.29 is 4.74 Å². The van der Waals surface area contributed by atoms with Crippen LogP contribution in [0.1, 0.15) is 25.3 Å². The third-order valence-corrected chi connectivity index (χ3v) is 3.30. The molecule has 2 nitrogen and oxygen atoms in total. The number of nitrogens with one attached hydrogen (secondary N) is 1. The third-order valence-electron chi connectivity index (χ3n) is 2.56. The Hall–Kier alpha value is -0.540. The highest BCUT2D eigenvalue weighted by Crippen LogP contribution is 2.24. The topological polar surface area (TPSA) is 21.3 Å². The Morgan fingerprint density at radius 1 is 1.31 bits per heavy atom. The molecule has 0 spiro atoms. The minimum Gasteiger partial charge on any atom is -0.497 e. The van der Waals surface area contributed by atoms with Crippen LogP contribution in [0.4, 0.5) is 0 Å². The molecule has 0 aromatic heterocycles. The molecule has 1 rings (SSSR count). The first-order valence-corrected chi connectivity index (χ1v) is 6.60. The second-order valence-electron chi connectivity index (χ2n) is 3.77. The van der Waals surface area contributed by atoms with Gasteiger partial charge >= 0.3 is 0 Å². The molecule has 0 aliphatic carbocycles. The van der Waals surface area contributed by atoms with Gasteiger partial charge in [0.15, 0.2) is 0 Å². The monoisotopic (exact) mass is 285 g/mol. The minimum atomic E-state index is 0.906. The van der Waals surface area contributed by atoms with E-state index in [1.165, 1.54) is 18.4 Å². The summed E-state index contributed by atoms with van der Waals surface area (Å²) in [6, 6.07) is 6.18. The SMILES string of the molecule is CCNCCCCc1ccc(OC)cc1Br. The normalized spacial score (nSPS) is 10.4. The van der Waals surface area contributed by atoms with E-state index in [0.29, 0.717) is 0 Å². The van der Waals surface area contributed by atoms with Crippen LogP contribution in [0.5, 0.6) is 5.75 Å². The van der Waals surface area contributed by atoms with E-state index in [4.69, 9.17) is 4.74 Å². The van der Waals surface area contributed by atoms with E-state index < -0.39 is 0 Å². The number of unbranched alkanes of at least 4 members (excludes halogenated alkanes) is 1. The van der Waals surface area contributed by atoms with Gasteiger partial charge in [0.2, 0.25) is 0 Å². The van der Waals surface area contributed by atoms with E-state index in [1.54, 1.807) is 7.11 Å². The van der Waals surface area contributed by atoms with Gasteiger partial charge in [-0.05, 0) is 50.0 Å². The predicted molar refractivity (Wildman–Crippen MR) is 72.2 cm³/mol.